The number of benzene rings is 2. The second-order valence-corrected chi connectivity index (χ2v) is 6.69. The van der Waals surface area contributed by atoms with Gasteiger partial charge in [0.1, 0.15) is 19.0 Å². The number of rotatable bonds is 4. The van der Waals surface area contributed by atoms with Gasteiger partial charge in [-0.15, -0.1) is 0 Å². The van der Waals surface area contributed by atoms with Crippen LogP contribution in [0.1, 0.15) is 19.4 Å². The minimum atomic E-state index is -0.762. The van der Waals surface area contributed by atoms with Gasteiger partial charge >= 0.3 is 0 Å². The number of anilines is 1. The Morgan fingerprint density at radius 3 is 2.52 bits per heavy atom. The summed E-state index contributed by atoms with van der Waals surface area (Å²) in [5.41, 5.74) is 0.692. The topological polar surface area (TPSA) is 56.8 Å². The molecule has 0 aliphatic carbocycles. The van der Waals surface area contributed by atoms with Gasteiger partial charge in [0.2, 0.25) is 5.91 Å². The van der Waals surface area contributed by atoms with E-state index in [0.717, 1.165) is 5.56 Å². The van der Waals surface area contributed by atoms with E-state index in [9.17, 15) is 4.79 Å². The van der Waals surface area contributed by atoms with E-state index in [-0.39, 0.29) is 5.91 Å². The molecular formula is C19H20ClNO4. The molecule has 0 spiro atoms. The highest BCUT2D eigenvalue weighted by Crippen LogP contribution is 2.36. The van der Waals surface area contributed by atoms with E-state index in [2.05, 4.69) is 5.32 Å². The number of fused-ring (bicyclic) bond motifs is 1. The molecule has 2 aromatic rings. The molecule has 1 aliphatic rings. The monoisotopic (exact) mass is 361 g/mol. The molecule has 25 heavy (non-hydrogen) atoms. The molecule has 0 unspecified atom stereocenters. The number of hydrogen-bond acceptors (Lipinski definition) is 4. The van der Waals surface area contributed by atoms with E-state index in [1.807, 2.05) is 32.0 Å². The minimum Gasteiger partial charge on any atom is -0.495 e. The summed E-state index contributed by atoms with van der Waals surface area (Å²) >= 11 is 6.12. The lowest BCUT2D eigenvalue weighted by molar-refractivity contribution is -0.120. The second-order valence-electron chi connectivity index (χ2n) is 6.29. The lowest BCUT2D eigenvalue weighted by Crippen LogP contribution is -2.34. The zero-order valence-electron chi connectivity index (χ0n) is 14.4. The number of methoxy groups -OCH3 is 1. The SMILES string of the molecule is COc1ccc(NC(=O)C(C)(C)c2ccc3c(c2)OCCO3)cc1Cl. The summed E-state index contributed by atoms with van der Waals surface area (Å²) < 4.78 is 16.3. The first-order valence-electron chi connectivity index (χ1n) is 7.97. The van der Waals surface area contributed by atoms with Crippen LogP contribution in [0.3, 0.4) is 0 Å². The minimum absolute atomic E-state index is 0.148. The van der Waals surface area contributed by atoms with Crippen molar-refractivity contribution >= 4 is 23.2 Å². The van der Waals surface area contributed by atoms with E-state index in [0.29, 0.717) is 41.2 Å². The molecule has 0 atom stereocenters. The standard InChI is InChI=1S/C19H20ClNO4/c1-19(2,12-4-6-16-17(10-12)25-9-8-24-16)18(22)21-13-5-7-15(23-3)14(20)11-13/h4-7,10-11H,8-9H2,1-3H3,(H,21,22). The fourth-order valence-electron chi connectivity index (χ4n) is 2.59. The number of halogens is 1. The predicted octanol–water partition coefficient (Wildman–Crippen LogP) is 4.04. The number of hydrogen-bond donors (Lipinski definition) is 1. The van der Waals surface area contributed by atoms with Crippen molar-refractivity contribution in [3.05, 3.63) is 47.0 Å². The normalized spacial score (nSPS) is 13.3. The van der Waals surface area contributed by atoms with Crippen LogP contribution >= 0.6 is 11.6 Å². The molecule has 0 saturated heterocycles. The molecule has 5 nitrogen and oxygen atoms in total. The Labute approximate surface area is 151 Å². The van der Waals surface area contributed by atoms with Gasteiger partial charge in [-0.3, -0.25) is 4.79 Å². The van der Waals surface area contributed by atoms with E-state index >= 15 is 0 Å². The van der Waals surface area contributed by atoms with E-state index in [1.165, 1.54) is 0 Å². The van der Waals surface area contributed by atoms with Crippen LogP contribution in [0.2, 0.25) is 5.02 Å². The van der Waals surface area contributed by atoms with Gasteiger partial charge in [0, 0.05) is 5.69 Å². The summed E-state index contributed by atoms with van der Waals surface area (Å²) in [6.45, 7) is 4.76. The van der Waals surface area contributed by atoms with Crippen LogP contribution in [-0.2, 0) is 10.2 Å². The van der Waals surface area contributed by atoms with Crippen molar-refractivity contribution in [2.45, 2.75) is 19.3 Å². The largest absolute Gasteiger partial charge is 0.495 e. The van der Waals surface area contributed by atoms with Gasteiger partial charge in [0.25, 0.3) is 0 Å². The van der Waals surface area contributed by atoms with Gasteiger partial charge in [0.05, 0.1) is 17.5 Å². The fraction of sp³-hybridized carbons (Fsp3) is 0.316. The van der Waals surface area contributed by atoms with Crippen LogP contribution in [0.5, 0.6) is 17.2 Å². The van der Waals surface area contributed by atoms with Gasteiger partial charge in [-0.1, -0.05) is 17.7 Å². The maximum atomic E-state index is 12.8. The Balaban J connectivity index is 1.81. The Bertz CT molecular complexity index is 804. The molecule has 0 bridgehead atoms. The van der Waals surface area contributed by atoms with Crippen molar-refractivity contribution in [2.24, 2.45) is 0 Å². The van der Waals surface area contributed by atoms with Crippen molar-refractivity contribution in [1.82, 2.24) is 0 Å². The Morgan fingerprint density at radius 1 is 1.12 bits per heavy atom. The number of ether oxygens (including phenoxy) is 3. The predicted molar refractivity (Wildman–Crippen MR) is 97.1 cm³/mol. The summed E-state index contributed by atoms with van der Waals surface area (Å²) in [4.78, 5) is 12.8. The summed E-state index contributed by atoms with van der Waals surface area (Å²) in [5, 5.41) is 3.34. The molecule has 6 heteroatoms. The number of carbonyl (C=O) groups excluding carboxylic acids is 1. The van der Waals surface area contributed by atoms with Crippen LogP contribution in [0.25, 0.3) is 0 Å². The van der Waals surface area contributed by atoms with Crippen molar-refractivity contribution in [2.75, 3.05) is 25.6 Å². The molecule has 1 N–H and O–H groups in total. The lowest BCUT2D eigenvalue weighted by atomic mass is 9.83. The fourth-order valence-corrected chi connectivity index (χ4v) is 2.85. The van der Waals surface area contributed by atoms with Gasteiger partial charge in [-0.05, 0) is 49.7 Å². The molecular weight excluding hydrogens is 342 g/mol. The third-order valence-corrected chi connectivity index (χ3v) is 4.54. The molecule has 0 fully saturated rings. The van der Waals surface area contributed by atoms with E-state index < -0.39 is 5.41 Å². The Kier molecular flexibility index (Phi) is 4.77. The third kappa shape index (κ3) is 3.51. The van der Waals surface area contributed by atoms with E-state index in [1.54, 1.807) is 25.3 Å². The van der Waals surface area contributed by atoms with Crippen molar-refractivity contribution in [3.63, 3.8) is 0 Å². The molecule has 0 saturated carbocycles. The highest BCUT2D eigenvalue weighted by molar-refractivity contribution is 6.32. The molecule has 132 valence electrons. The number of carbonyl (C=O) groups is 1. The zero-order valence-corrected chi connectivity index (χ0v) is 15.1. The first-order chi connectivity index (χ1) is 11.9. The van der Waals surface area contributed by atoms with Gasteiger partial charge in [-0.25, -0.2) is 0 Å². The number of nitrogens with one attached hydrogen (secondary N) is 1. The molecule has 2 aromatic carbocycles. The lowest BCUT2D eigenvalue weighted by Gasteiger charge is -2.26. The van der Waals surface area contributed by atoms with Crippen molar-refractivity contribution in [3.8, 4) is 17.2 Å². The molecule has 1 aliphatic heterocycles. The maximum Gasteiger partial charge on any atom is 0.234 e. The molecule has 1 amide bonds. The van der Waals surface area contributed by atoms with Crippen LogP contribution in [0.4, 0.5) is 5.69 Å². The molecule has 1 heterocycles. The van der Waals surface area contributed by atoms with Crippen molar-refractivity contribution in [1.29, 1.82) is 0 Å². The van der Waals surface area contributed by atoms with Crippen LogP contribution in [-0.4, -0.2) is 26.2 Å². The molecule has 3 rings (SSSR count). The maximum absolute atomic E-state index is 12.8. The summed E-state index contributed by atoms with van der Waals surface area (Å²) in [6, 6.07) is 10.7. The van der Waals surface area contributed by atoms with Gasteiger partial charge in [0.15, 0.2) is 11.5 Å². The Morgan fingerprint density at radius 2 is 1.84 bits per heavy atom. The quantitative estimate of drug-likeness (QED) is 0.893. The van der Waals surface area contributed by atoms with Gasteiger partial charge < -0.3 is 19.5 Å². The first-order valence-corrected chi connectivity index (χ1v) is 8.35. The average molecular weight is 362 g/mol. The highest BCUT2D eigenvalue weighted by atomic mass is 35.5. The first kappa shape index (κ1) is 17.4. The van der Waals surface area contributed by atoms with Gasteiger partial charge in [-0.2, -0.15) is 0 Å². The molecule has 0 aromatic heterocycles. The average Bonchev–Trinajstić information content (AvgIpc) is 2.61. The third-order valence-electron chi connectivity index (χ3n) is 4.24. The van der Waals surface area contributed by atoms with Crippen molar-refractivity contribution < 1.29 is 19.0 Å². The van der Waals surface area contributed by atoms with Crippen LogP contribution in [0, 0.1) is 0 Å². The molecule has 0 radical (unpaired) electrons. The van der Waals surface area contributed by atoms with E-state index in [4.69, 9.17) is 25.8 Å². The summed E-state index contributed by atoms with van der Waals surface area (Å²) in [5.74, 6) is 1.78. The van der Waals surface area contributed by atoms with Crippen LogP contribution in [0.15, 0.2) is 36.4 Å². The summed E-state index contributed by atoms with van der Waals surface area (Å²) in [6.07, 6.45) is 0. The second kappa shape index (κ2) is 6.84. The van der Waals surface area contributed by atoms with Crippen LogP contribution < -0.4 is 19.5 Å². The zero-order chi connectivity index (χ0) is 18.0. The smallest absolute Gasteiger partial charge is 0.234 e. The summed E-state index contributed by atoms with van der Waals surface area (Å²) in [7, 11) is 1.55. The number of amides is 1. The Hall–Kier alpha value is -2.40. The highest BCUT2D eigenvalue weighted by Gasteiger charge is 2.31.